The van der Waals surface area contributed by atoms with E-state index in [4.69, 9.17) is 14.2 Å². The highest BCUT2D eigenvalue weighted by molar-refractivity contribution is 5.69. The Morgan fingerprint density at radius 3 is 2.61 bits per heavy atom. The van der Waals surface area contributed by atoms with Gasteiger partial charge in [0, 0.05) is 6.54 Å². The van der Waals surface area contributed by atoms with Crippen molar-refractivity contribution in [1.82, 2.24) is 4.90 Å². The Balaban J connectivity index is 1.65. The minimum atomic E-state index is -0.259. The van der Waals surface area contributed by atoms with Crippen LogP contribution in [0.5, 0.6) is 11.5 Å². The number of methoxy groups -OCH3 is 2. The van der Waals surface area contributed by atoms with Crippen LogP contribution in [-0.2, 0) is 11.3 Å². The van der Waals surface area contributed by atoms with Gasteiger partial charge in [0.05, 0.1) is 20.3 Å². The molecule has 0 N–H and O–H groups in total. The molecule has 1 saturated heterocycles. The second kappa shape index (κ2) is 9.83. The van der Waals surface area contributed by atoms with Gasteiger partial charge in [-0.1, -0.05) is 48.6 Å². The van der Waals surface area contributed by atoms with Crippen molar-refractivity contribution in [3.8, 4) is 11.5 Å². The first-order valence-electron chi connectivity index (χ1n) is 9.59. The third-order valence-corrected chi connectivity index (χ3v) is 4.91. The van der Waals surface area contributed by atoms with E-state index in [0.29, 0.717) is 24.7 Å². The summed E-state index contributed by atoms with van der Waals surface area (Å²) in [5.41, 5.74) is 1.99. The van der Waals surface area contributed by atoms with Gasteiger partial charge >= 0.3 is 6.09 Å². The van der Waals surface area contributed by atoms with E-state index < -0.39 is 0 Å². The minimum absolute atomic E-state index is 0.0325. The highest BCUT2D eigenvalue weighted by atomic mass is 16.6. The number of carbonyl (C=O) groups excluding carboxylic acids is 1. The van der Waals surface area contributed by atoms with Crippen LogP contribution in [0.15, 0.2) is 54.6 Å². The summed E-state index contributed by atoms with van der Waals surface area (Å²) in [4.78, 5) is 14.4. The number of likely N-dealkylation sites (tertiary alicyclic amines) is 1. The van der Waals surface area contributed by atoms with Gasteiger partial charge in [-0.3, -0.25) is 0 Å². The fraction of sp³-hybridized carbons (Fsp3) is 0.348. The number of benzene rings is 2. The molecule has 28 heavy (non-hydrogen) atoms. The minimum Gasteiger partial charge on any atom is -0.493 e. The summed E-state index contributed by atoms with van der Waals surface area (Å²) in [5.74, 6) is 1.39. The summed E-state index contributed by atoms with van der Waals surface area (Å²) in [5, 5.41) is 0. The van der Waals surface area contributed by atoms with Crippen LogP contribution in [-0.4, -0.2) is 37.8 Å². The van der Waals surface area contributed by atoms with Gasteiger partial charge in [0.25, 0.3) is 0 Å². The molecule has 1 aliphatic rings. The van der Waals surface area contributed by atoms with Crippen molar-refractivity contribution in [2.45, 2.75) is 31.9 Å². The van der Waals surface area contributed by atoms with Crippen LogP contribution in [0.25, 0.3) is 6.08 Å². The van der Waals surface area contributed by atoms with Crippen molar-refractivity contribution in [2.24, 2.45) is 0 Å². The van der Waals surface area contributed by atoms with E-state index in [1.165, 1.54) is 0 Å². The van der Waals surface area contributed by atoms with E-state index in [2.05, 4.69) is 6.08 Å². The third-order valence-electron chi connectivity index (χ3n) is 4.91. The summed E-state index contributed by atoms with van der Waals surface area (Å²) in [6, 6.07) is 15.6. The van der Waals surface area contributed by atoms with Gasteiger partial charge in [0.2, 0.25) is 0 Å². The van der Waals surface area contributed by atoms with Gasteiger partial charge in [-0.25, -0.2) is 4.79 Å². The maximum atomic E-state index is 12.6. The normalized spacial score (nSPS) is 16.8. The third kappa shape index (κ3) is 5.06. The van der Waals surface area contributed by atoms with Crippen LogP contribution in [0, 0.1) is 0 Å². The Hall–Kier alpha value is -2.95. The lowest BCUT2D eigenvalue weighted by Gasteiger charge is -2.33. The van der Waals surface area contributed by atoms with Gasteiger partial charge in [-0.15, -0.1) is 0 Å². The lowest BCUT2D eigenvalue weighted by atomic mass is 10.0. The standard InChI is InChI=1S/C23H27NO4/c1-26-21-14-12-18(16-22(21)27-2)11-13-20-10-6-7-15-24(20)23(25)28-17-19-8-4-3-5-9-19/h3-5,8-9,11-14,16,20H,6-7,10,15,17H2,1-2H3/b13-11+/t20-/m1/s1. The largest absolute Gasteiger partial charge is 0.493 e. The number of nitrogens with zero attached hydrogens (tertiary/aromatic N) is 1. The van der Waals surface area contributed by atoms with Crippen LogP contribution in [0.1, 0.15) is 30.4 Å². The van der Waals surface area contributed by atoms with Crippen LogP contribution in [0.4, 0.5) is 4.79 Å². The van der Waals surface area contributed by atoms with Gasteiger partial charge in [-0.05, 0) is 42.5 Å². The number of rotatable bonds is 6. The fourth-order valence-electron chi connectivity index (χ4n) is 3.36. The van der Waals surface area contributed by atoms with E-state index in [1.807, 2.05) is 59.5 Å². The topological polar surface area (TPSA) is 48.0 Å². The summed E-state index contributed by atoms with van der Waals surface area (Å²) >= 11 is 0. The smallest absolute Gasteiger partial charge is 0.410 e. The molecule has 1 heterocycles. The van der Waals surface area contributed by atoms with Gasteiger partial charge in [0.15, 0.2) is 11.5 Å². The lowest BCUT2D eigenvalue weighted by molar-refractivity contribution is 0.0777. The molecule has 3 rings (SSSR count). The molecule has 2 aromatic carbocycles. The van der Waals surface area contributed by atoms with Crippen LogP contribution in [0.2, 0.25) is 0 Å². The number of carbonyl (C=O) groups is 1. The molecule has 1 aliphatic heterocycles. The Kier molecular flexibility index (Phi) is 6.95. The SMILES string of the molecule is COc1ccc(/C=C/[C@H]2CCCCN2C(=O)OCc2ccccc2)cc1OC. The summed E-state index contributed by atoms with van der Waals surface area (Å²) < 4.78 is 16.2. The predicted octanol–water partition coefficient (Wildman–Crippen LogP) is 4.91. The Bertz CT molecular complexity index is 804. The molecule has 0 spiro atoms. The lowest BCUT2D eigenvalue weighted by Crippen LogP contribution is -2.42. The summed E-state index contributed by atoms with van der Waals surface area (Å²) in [6.07, 6.45) is 6.87. The van der Waals surface area contributed by atoms with E-state index in [-0.39, 0.29) is 12.1 Å². The molecule has 0 saturated carbocycles. The van der Waals surface area contributed by atoms with Crippen molar-refractivity contribution in [1.29, 1.82) is 0 Å². The molecule has 5 heteroatoms. The maximum Gasteiger partial charge on any atom is 0.410 e. The molecular formula is C23H27NO4. The number of piperidine rings is 1. The van der Waals surface area contributed by atoms with Gasteiger partial charge in [-0.2, -0.15) is 0 Å². The fourth-order valence-corrected chi connectivity index (χ4v) is 3.36. The zero-order valence-corrected chi connectivity index (χ0v) is 16.5. The van der Waals surface area contributed by atoms with Crippen molar-refractivity contribution in [3.63, 3.8) is 0 Å². The molecule has 2 aromatic rings. The van der Waals surface area contributed by atoms with E-state index in [9.17, 15) is 4.79 Å². The van der Waals surface area contributed by atoms with Gasteiger partial charge < -0.3 is 19.1 Å². The zero-order chi connectivity index (χ0) is 19.8. The van der Waals surface area contributed by atoms with Crippen LogP contribution in [0.3, 0.4) is 0 Å². The number of ether oxygens (including phenoxy) is 3. The second-order valence-electron chi connectivity index (χ2n) is 6.77. The van der Waals surface area contributed by atoms with Crippen molar-refractivity contribution in [2.75, 3.05) is 20.8 Å². The molecule has 0 radical (unpaired) electrons. The predicted molar refractivity (Wildman–Crippen MR) is 110 cm³/mol. The number of hydrogen-bond acceptors (Lipinski definition) is 4. The average molecular weight is 381 g/mol. The van der Waals surface area contributed by atoms with Crippen molar-refractivity contribution < 1.29 is 19.0 Å². The number of amides is 1. The maximum absolute atomic E-state index is 12.6. The molecule has 1 fully saturated rings. The van der Waals surface area contributed by atoms with Crippen molar-refractivity contribution in [3.05, 3.63) is 65.7 Å². The molecule has 0 unspecified atom stereocenters. The van der Waals surface area contributed by atoms with Gasteiger partial charge in [0.1, 0.15) is 6.61 Å². The van der Waals surface area contributed by atoms with E-state index in [0.717, 1.165) is 30.4 Å². The highest BCUT2D eigenvalue weighted by Gasteiger charge is 2.26. The molecule has 0 aliphatic carbocycles. The van der Waals surface area contributed by atoms with Crippen molar-refractivity contribution >= 4 is 12.2 Å². The zero-order valence-electron chi connectivity index (χ0n) is 16.5. The molecule has 148 valence electrons. The quantitative estimate of drug-likeness (QED) is 0.713. The molecular weight excluding hydrogens is 354 g/mol. The monoisotopic (exact) mass is 381 g/mol. The first-order chi connectivity index (χ1) is 13.7. The first kappa shape index (κ1) is 19.8. The highest BCUT2D eigenvalue weighted by Crippen LogP contribution is 2.28. The first-order valence-corrected chi connectivity index (χ1v) is 9.59. The van der Waals surface area contributed by atoms with Crippen LogP contribution >= 0.6 is 0 Å². The molecule has 5 nitrogen and oxygen atoms in total. The molecule has 1 amide bonds. The average Bonchev–Trinajstić information content (AvgIpc) is 2.76. The molecule has 1 atom stereocenters. The molecule has 0 aromatic heterocycles. The van der Waals surface area contributed by atoms with E-state index >= 15 is 0 Å². The Morgan fingerprint density at radius 2 is 1.86 bits per heavy atom. The second-order valence-corrected chi connectivity index (χ2v) is 6.77. The summed E-state index contributed by atoms with van der Waals surface area (Å²) in [7, 11) is 3.24. The Morgan fingerprint density at radius 1 is 1.07 bits per heavy atom. The van der Waals surface area contributed by atoms with Crippen LogP contribution < -0.4 is 9.47 Å². The summed E-state index contributed by atoms with van der Waals surface area (Å²) in [6.45, 7) is 1.01. The Labute approximate surface area is 166 Å². The molecule has 0 bridgehead atoms. The number of hydrogen-bond donors (Lipinski definition) is 0. The van der Waals surface area contributed by atoms with E-state index in [1.54, 1.807) is 14.2 Å².